The van der Waals surface area contributed by atoms with Crippen molar-refractivity contribution in [3.63, 3.8) is 0 Å². The molecule has 7 heteroatoms. The molecule has 0 aliphatic carbocycles. The Morgan fingerprint density at radius 2 is 1.52 bits per heavy atom. The Labute approximate surface area is 136 Å². The van der Waals surface area contributed by atoms with Crippen LogP contribution in [0.25, 0.3) is 0 Å². The normalized spacial score (nSPS) is 10.0. The van der Waals surface area contributed by atoms with Crippen molar-refractivity contribution in [2.24, 2.45) is 0 Å². The minimum atomic E-state index is -1.22. The van der Waals surface area contributed by atoms with Crippen molar-refractivity contribution >= 4 is 57.9 Å². The molecular formula is C14H9Cl2N2O2S-. The van der Waals surface area contributed by atoms with Gasteiger partial charge in [-0.05, 0) is 48.1 Å². The minimum absolute atomic E-state index is 0.101. The van der Waals surface area contributed by atoms with Gasteiger partial charge in [0.05, 0.1) is 16.0 Å². The summed E-state index contributed by atoms with van der Waals surface area (Å²) in [5.41, 5.74) is 1.44. The van der Waals surface area contributed by atoms with E-state index in [0.717, 1.165) is 0 Å². The number of halogens is 2. The largest absolute Gasteiger partial charge is 0.545 e. The summed E-state index contributed by atoms with van der Waals surface area (Å²) in [7, 11) is 0. The first-order chi connectivity index (χ1) is 9.95. The predicted molar refractivity (Wildman–Crippen MR) is 87.1 cm³/mol. The maximum Gasteiger partial charge on any atom is 0.175 e. The third-order valence-electron chi connectivity index (χ3n) is 2.56. The Morgan fingerprint density at radius 1 is 0.952 bits per heavy atom. The monoisotopic (exact) mass is 339 g/mol. The van der Waals surface area contributed by atoms with E-state index in [4.69, 9.17) is 35.4 Å². The van der Waals surface area contributed by atoms with Crippen LogP contribution in [0, 0.1) is 0 Å². The summed E-state index contributed by atoms with van der Waals surface area (Å²) >= 11 is 16.9. The zero-order valence-electron chi connectivity index (χ0n) is 10.5. The van der Waals surface area contributed by atoms with Gasteiger partial charge in [-0.15, -0.1) is 0 Å². The molecule has 0 unspecified atom stereocenters. The zero-order chi connectivity index (χ0) is 15.4. The first-order valence-electron chi connectivity index (χ1n) is 5.80. The summed E-state index contributed by atoms with van der Waals surface area (Å²) in [6, 6.07) is 11.1. The van der Waals surface area contributed by atoms with Crippen molar-refractivity contribution in [1.82, 2.24) is 0 Å². The number of carbonyl (C=O) groups is 1. The van der Waals surface area contributed by atoms with Gasteiger partial charge in [0.25, 0.3) is 0 Å². The lowest BCUT2D eigenvalue weighted by Gasteiger charge is -2.11. The van der Waals surface area contributed by atoms with Crippen LogP contribution in [0.15, 0.2) is 42.5 Å². The summed E-state index contributed by atoms with van der Waals surface area (Å²) in [5, 5.41) is 17.7. The van der Waals surface area contributed by atoms with Crippen LogP contribution < -0.4 is 15.7 Å². The molecular weight excluding hydrogens is 331 g/mol. The van der Waals surface area contributed by atoms with Gasteiger partial charge in [0, 0.05) is 11.4 Å². The van der Waals surface area contributed by atoms with Crippen molar-refractivity contribution < 1.29 is 9.90 Å². The number of carboxylic acids is 1. The van der Waals surface area contributed by atoms with E-state index >= 15 is 0 Å². The quantitative estimate of drug-likeness (QED) is 0.841. The van der Waals surface area contributed by atoms with Gasteiger partial charge >= 0.3 is 0 Å². The molecule has 0 amide bonds. The SMILES string of the molecule is O=C([O-])c1ccc(NC(=S)Nc2ccc(Cl)c(Cl)c2)cc1. The van der Waals surface area contributed by atoms with Crippen molar-refractivity contribution in [1.29, 1.82) is 0 Å². The molecule has 0 aromatic heterocycles. The summed E-state index contributed by atoms with van der Waals surface area (Å²) < 4.78 is 0. The summed E-state index contributed by atoms with van der Waals surface area (Å²) in [6.45, 7) is 0. The van der Waals surface area contributed by atoms with E-state index in [2.05, 4.69) is 10.6 Å². The minimum Gasteiger partial charge on any atom is -0.545 e. The number of rotatable bonds is 3. The number of hydrogen-bond donors (Lipinski definition) is 2. The van der Waals surface area contributed by atoms with Crippen LogP contribution in [0.5, 0.6) is 0 Å². The van der Waals surface area contributed by atoms with Gasteiger partial charge in [0.2, 0.25) is 0 Å². The fourth-order valence-electron chi connectivity index (χ4n) is 1.56. The van der Waals surface area contributed by atoms with Crippen molar-refractivity contribution in [2.75, 3.05) is 10.6 Å². The number of carbonyl (C=O) groups excluding carboxylic acids is 1. The number of nitrogens with one attached hydrogen (secondary N) is 2. The molecule has 0 saturated carbocycles. The highest BCUT2D eigenvalue weighted by Gasteiger charge is 2.02. The van der Waals surface area contributed by atoms with Gasteiger partial charge in [0.1, 0.15) is 0 Å². The van der Waals surface area contributed by atoms with E-state index in [0.29, 0.717) is 26.5 Å². The second-order valence-electron chi connectivity index (χ2n) is 4.07. The molecule has 21 heavy (non-hydrogen) atoms. The van der Waals surface area contributed by atoms with Crippen LogP contribution in [0.2, 0.25) is 10.0 Å². The van der Waals surface area contributed by atoms with Gasteiger partial charge < -0.3 is 20.5 Å². The lowest BCUT2D eigenvalue weighted by atomic mass is 10.2. The van der Waals surface area contributed by atoms with Crippen molar-refractivity contribution in [3.05, 3.63) is 58.1 Å². The van der Waals surface area contributed by atoms with Crippen molar-refractivity contribution in [3.8, 4) is 0 Å². The Bertz CT molecular complexity index is 690. The number of aromatic carboxylic acids is 1. The Hall–Kier alpha value is -1.82. The molecule has 108 valence electrons. The molecule has 0 fully saturated rings. The lowest BCUT2D eigenvalue weighted by molar-refractivity contribution is -0.255. The summed E-state index contributed by atoms with van der Waals surface area (Å²) in [6.07, 6.45) is 0. The lowest BCUT2D eigenvalue weighted by Crippen LogP contribution is -2.22. The molecule has 0 bridgehead atoms. The average molecular weight is 340 g/mol. The average Bonchev–Trinajstić information content (AvgIpc) is 2.43. The fraction of sp³-hybridized carbons (Fsp3) is 0. The second kappa shape index (κ2) is 6.76. The van der Waals surface area contributed by atoms with Crippen LogP contribution in [-0.2, 0) is 0 Å². The highest BCUT2D eigenvalue weighted by molar-refractivity contribution is 7.80. The molecule has 0 aliphatic heterocycles. The molecule has 4 nitrogen and oxygen atoms in total. The molecule has 0 radical (unpaired) electrons. The van der Waals surface area contributed by atoms with Crippen LogP contribution in [-0.4, -0.2) is 11.1 Å². The standard InChI is InChI=1S/C14H10Cl2N2O2S/c15-11-6-5-10(7-12(11)16)18-14(21)17-9-3-1-8(2-4-9)13(19)20/h1-7H,(H,19,20)(H2,17,18,21)/p-1. The summed E-state index contributed by atoms with van der Waals surface area (Å²) in [4.78, 5) is 10.6. The first-order valence-corrected chi connectivity index (χ1v) is 6.96. The van der Waals surface area contributed by atoms with Crippen LogP contribution in [0.3, 0.4) is 0 Å². The van der Waals surface area contributed by atoms with Gasteiger partial charge in [-0.25, -0.2) is 0 Å². The maximum absolute atomic E-state index is 10.6. The topological polar surface area (TPSA) is 64.2 Å². The third kappa shape index (κ3) is 4.32. The van der Waals surface area contributed by atoms with E-state index in [1.54, 1.807) is 30.3 Å². The third-order valence-corrected chi connectivity index (χ3v) is 3.50. The molecule has 0 aliphatic rings. The highest BCUT2D eigenvalue weighted by Crippen LogP contribution is 2.25. The molecule has 0 heterocycles. The van der Waals surface area contributed by atoms with Crippen molar-refractivity contribution in [2.45, 2.75) is 0 Å². The van der Waals surface area contributed by atoms with Gasteiger partial charge in [-0.1, -0.05) is 35.3 Å². The Kier molecular flexibility index (Phi) is 5.01. The van der Waals surface area contributed by atoms with E-state index in [9.17, 15) is 9.90 Å². The molecule has 0 saturated heterocycles. The number of thiocarbonyl (C=S) groups is 1. The van der Waals surface area contributed by atoms with Crippen LogP contribution >= 0.6 is 35.4 Å². The Balaban J connectivity index is 2.01. The molecule has 0 spiro atoms. The smallest absolute Gasteiger partial charge is 0.175 e. The molecule has 0 atom stereocenters. The first kappa shape index (κ1) is 15.6. The molecule has 2 aromatic rings. The number of anilines is 2. The van der Waals surface area contributed by atoms with Crippen LogP contribution in [0.1, 0.15) is 10.4 Å². The van der Waals surface area contributed by atoms with Gasteiger partial charge in [0.15, 0.2) is 5.11 Å². The summed E-state index contributed by atoms with van der Waals surface area (Å²) in [5.74, 6) is -1.22. The molecule has 2 rings (SSSR count). The predicted octanol–water partition coefficient (Wildman–Crippen LogP) is 3.17. The highest BCUT2D eigenvalue weighted by atomic mass is 35.5. The fourth-order valence-corrected chi connectivity index (χ4v) is 2.09. The van der Waals surface area contributed by atoms with E-state index in [1.807, 2.05) is 0 Å². The second-order valence-corrected chi connectivity index (χ2v) is 5.30. The molecule has 2 N–H and O–H groups in total. The zero-order valence-corrected chi connectivity index (χ0v) is 12.9. The van der Waals surface area contributed by atoms with E-state index in [-0.39, 0.29) is 5.56 Å². The number of carboxylic acid groups (broad SMARTS) is 1. The van der Waals surface area contributed by atoms with E-state index < -0.39 is 5.97 Å². The van der Waals surface area contributed by atoms with Crippen LogP contribution in [0.4, 0.5) is 11.4 Å². The van der Waals surface area contributed by atoms with Gasteiger partial charge in [-0.3, -0.25) is 0 Å². The van der Waals surface area contributed by atoms with E-state index in [1.165, 1.54) is 12.1 Å². The van der Waals surface area contributed by atoms with Gasteiger partial charge in [-0.2, -0.15) is 0 Å². The Morgan fingerprint density at radius 3 is 2.10 bits per heavy atom. The number of benzene rings is 2. The maximum atomic E-state index is 10.6. The molecule has 2 aromatic carbocycles. The number of hydrogen-bond acceptors (Lipinski definition) is 3.